The highest BCUT2D eigenvalue weighted by molar-refractivity contribution is 7.99. The van der Waals surface area contributed by atoms with Gasteiger partial charge in [-0.05, 0) is 115 Å². The molecule has 14 atom stereocenters. The van der Waals surface area contributed by atoms with Crippen LogP contribution in [0.2, 0.25) is 0 Å². The minimum atomic E-state index is -2.01. The molecule has 4 aliphatic heterocycles. The fraction of sp³-hybridized carbons (Fsp3) is 0.478. The standard InChI is InChI=1S/C92H118N20O24S3/c1-46(2)26-61-84(128)105-64(32-54-36-96-59-15-9-7-13-57(54)59)86(130)108-67-43-137-40-50-27-51(29-52(28-50)42-139-45-69(107-79(123)48(5)93)88(132)102-60(22-23-75(117)118)83(127)104-62(30-49-18-20-55(113)21-19-49)80(124)98-38-74(116)101-65(33-76(119)120)87(131)103-61)41-138-44-68(81(125)97-37-72(94)114)109-90(134)78(47(3)4)110-89(133)70-16-10-24-111(70)92(136)71-17-11-25-112(71)91(135)66(34-77(121)122)106-85(129)63(100-73(115)39-99-82(67)126)31-53-35-95-58-14-8-6-12-56(53)58/h6-9,12-15,18-21,27-29,35-36,46-48,60-71,78,95-96,113H,10-11,16-17,22-26,30-34,37-45,93H2,1-5H3,(H2,94,114)(H,97,125)(H,98,124)(H,99,126)(H,100,115)(H,101,116)(H,102,132)(H,103,131)(H,104,127)(H,105,128)(H,106,129)(H,107,123)(H,108,130)(H,109,134)(H,110,133)(H,117,118)(H,119,120)(H,121,122)/t48-,60-,61-,62-,63-,64-,65-,66-,67-,68-,69-,70-,71-,78-/m0/s1. The van der Waals surface area contributed by atoms with Crippen LogP contribution in [0.4, 0.5) is 0 Å². The van der Waals surface area contributed by atoms with E-state index in [9.17, 15) is 92.3 Å². The SMILES string of the molecule is CC(C)C[C@@H]1NC(=O)[C@H](CC(=O)O)NC(=O)CNC(=O)[C@H](Cc2ccc(O)cc2)NC(=O)[C@H](CCC(=O)O)NC(=O)[C@@H](NC(=O)[C@H](C)N)CSCc2cc3cc(c2)CSC[C@@H](C(=O)NCC(N)=O)NC(=O)[C@H](C(C)C)NC(=O)[C@@H]2CCCN2C(=O)[C@@H]2CCCN2C(=O)[C@H](CC(=O)O)NC(=O)[C@H](Cc2c[nH]c4ccccc24)NC(=O)CNC(=O)[C@H](CSC3)NC(=O)[C@H](Cc2c[nH]c3ccccc23)NC1=O. The van der Waals surface area contributed by atoms with Gasteiger partial charge in [0.1, 0.15) is 84.3 Å². The number of aromatic amines is 2. The number of aromatic nitrogens is 2. The number of hydrogen-bond donors (Lipinski definition) is 22. The monoisotopic (exact) mass is 1980 g/mol. The van der Waals surface area contributed by atoms with Crippen LogP contribution in [-0.2, 0) is 132 Å². The normalized spacial score (nSPS) is 24.0. The van der Waals surface area contributed by atoms with Crippen LogP contribution in [0.5, 0.6) is 5.75 Å². The minimum absolute atomic E-state index is 0.00293. The first kappa shape index (κ1) is 107. The lowest BCUT2D eigenvalue weighted by atomic mass is 10.00. The van der Waals surface area contributed by atoms with E-state index in [-0.39, 0.29) is 92.5 Å². The molecule has 2 saturated heterocycles. The molecular weight excluding hydrogens is 1870 g/mol. The number of amides is 17. The van der Waals surface area contributed by atoms with Crippen LogP contribution in [-0.4, -0.2) is 293 Å². The Hall–Kier alpha value is -13.8. The van der Waals surface area contributed by atoms with E-state index in [0.29, 0.717) is 55.2 Å². The Morgan fingerprint density at radius 3 is 1.53 bits per heavy atom. The first-order valence-corrected chi connectivity index (χ1v) is 48.8. The molecule has 0 spiro atoms. The van der Waals surface area contributed by atoms with Crippen molar-refractivity contribution in [1.82, 2.24) is 94.2 Å². The van der Waals surface area contributed by atoms with Crippen LogP contribution < -0.4 is 85.9 Å². The molecule has 0 saturated carbocycles. The molecule has 10 rings (SSSR count). The lowest BCUT2D eigenvalue weighted by molar-refractivity contribution is -0.150. The van der Waals surface area contributed by atoms with Gasteiger partial charge in [-0.1, -0.05) is 94.4 Å². The Bertz CT molecular complexity index is 5560. The van der Waals surface area contributed by atoms with E-state index in [4.69, 9.17) is 11.5 Å². The largest absolute Gasteiger partial charge is 0.508 e. The summed E-state index contributed by atoms with van der Waals surface area (Å²) in [6, 6.07) is 1.91. The number of aliphatic carboxylic acids is 3. The minimum Gasteiger partial charge on any atom is -0.508 e. The molecule has 2 fully saturated rings. The van der Waals surface area contributed by atoms with Gasteiger partial charge in [0.05, 0.1) is 38.5 Å². The van der Waals surface area contributed by atoms with Crippen molar-refractivity contribution in [2.75, 3.05) is 50.0 Å². The number of fused-ring (bicyclic) bond motifs is 9. The molecule has 0 unspecified atom stereocenters. The van der Waals surface area contributed by atoms with E-state index < -0.39 is 272 Å². The zero-order valence-corrected chi connectivity index (χ0v) is 79.5. The zero-order valence-electron chi connectivity index (χ0n) is 77.0. The van der Waals surface area contributed by atoms with Gasteiger partial charge in [-0.25, -0.2) is 0 Å². The van der Waals surface area contributed by atoms with Gasteiger partial charge in [-0.2, -0.15) is 35.3 Å². The third-order valence-electron chi connectivity index (χ3n) is 23.4. The summed E-state index contributed by atoms with van der Waals surface area (Å²) in [6.07, 6.45) is -1.13. The van der Waals surface area contributed by atoms with Crippen LogP contribution in [0.25, 0.3) is 21.8 Å². The van der Waals surface area contributed by atoms with Crippen LogP contribution in [0.1, 0.15) is 126 Å². The predicted molar refractivity (Wildman–Crippen MR) is 509 cm³/mol. The summed E-state index contributed by atoms with van der Waals surface area (Å²) in [5, 5.41) is 77.7. The highest BCUT2D eigenvalue weighted by atomic mass is 32.2. The number of carbonyl (C=O) groups is 20. The molecule has 0 aliphatic carbocycles. The summed E-state index contributed by atoms with van der Waals surface area (Å²) in [5.41, 5.74) is 15.4. The number of carboxylic acid groups (broad SMARTS) is 3. The van der Waals surface area contributed by atoms with Crippen molar-refractivity contribution in [2.24, 2.45) is 23.3 Å². The first-order valence-electron chi connectivity index (χ1n) is 45.3. The van der Waals surface area contributed by atoms with Crippen molar-refractivity contribution < 1.29 is 116 Å². The van der Waals surface area contributed by atoms with Gasteiger partial charge in [0.15, 0.2) is 0 Å². The van der Waals surface area contributed by atoms with E-state index in [1.807, 2.05) is 0 Å². The molecule has 24 N–H and O–H groups in total. The number of aromatic hydroxyl groups is 1. The Morgan fingerprint density at radius 1 is 0.482 bits per heavy atom. The summed E-state index contributed by atoms with van der Waals surface area (Å²) in [7, 11) is 0. The number of carbonyl (C=O) groups excluding carboxylic acids is 17. The Kier molecular flexibility index (Phi) is 39.3. The topological polar surface area (TPSA) is 681 Å². The number of nitrogens with zero attached hydrogens (tertiary/aromatic N) is 2. The lowest BCUT2D eigenvalue weighted by Gasteiger charge is -2.33. The van der Waals surface area contributed by atoms with Crippen molar-refractivity contribution in [3.8, 4) is 5.75 Å². The van der Waals surface area contributed by atoms with Gasteiger partial charge in [-0.3, -0.25) is 95.9 Å². The van der Waals surface area contributed by atoms with E-state index in [1.165, 1.54) is 36.1 Å². The molecule has 44 nitrogen and oxygen atoms in total. The van der Waals surface area contributed by atoms with E-state index in [1.54, 1.807) is 107 Å². The maximum Gasteiger partial charge on any atom is 0.305 e. The van der Waals surface area contributed by atoms with Gasteiger partial charge in [0.25, 0.3) is 0 Å². The average Bonchev–Trinajstić information content (AvgIpc) is 1.65. The molecule has 748 valence electrons. The van der Waals surface area contributed by atoms with Crippen LogP contribution >= 0.6 is 35.3 Å². The number of nitrogens with two attached hydrogens (primary N) is 2. The second-order valence-electron chi connectivity index (χ2n) is 35.2. The third-order valence-corrected chi connectivity index (χ3v) is 26.7. The number of nitrogens with one attached hydrogen (secondary N) is 16. The summed E-state index contributed by atoms with van der Waals surface area (Å²) in [6.45, 7) is 5.11. The van der Waals surface area contributed by atoms with Crippen molar-refractivity contribution in [1.29, 1.82) is 0 Å². The number of rotatable bonds is 21. The van der Waals surface area contributed by atoms with Gasteiger partial charge in [0.2, 0.25) is 100 Å². The number of benzene rings is 4. The van der Waals surface area contributed by atoms with Crippen molar-refractivity contribution in [2.45, 2.75) is 214 Å². The lowest BCUT2D eigenvalue weighted by Crippen LogP contribution is -2.60. The zero-order chi connectivity index (χ0) is 101. The molecule has 139 heavy (non-hydrogen) atoms. The van der Waals surface area contributed by atoms with Crippen molar-refractivity contribution >= 4 is 175 Å². The smallest absolute Gasteiger partial charge is 0.305 e. The van der Waals surface area contributed by atoms with Gasteiger partial charge < -0.3 is 126 Å². The van der Waals surface area contributed by atoms with E-state index in [2.05, 4.69) is 84.4 Å². The molecule has 4 aromatic carbocycles. The van der Waals surface area contributed by atoms with Gasteiger partial charge in [0, 0.05) is 107 Å². The fourth-order valence-corrected chi connectivity index (χ4v) is 19.4. The molecule has 4 bridgehead atoms. The molecule has 0 radical (unpaired) electrons. The summed E-state index contributed by atoms with van der Waals surface area (Å²) in [4.78, 5) is 295. The number of phenolic OH excluding ortho intramolecular Hbond substituents is 1. The maximum absolute atomic E-state index is 15.7. The highest BCUT2D eigenvalue weighted by Gasteiger charge is 2.46. The van der Waals surface area contributed by atoms with Crippen LogP contribution in [0, 0.1) is 11.8 Å². The Labute approximate surface area is 810 Å². The quantitative estimate of drug-likeness (QED) is 0.0364. The van der Waals surface area contributed by atoms with Gasteiger partial charge >= 0.3 is 17.9 Å². The molecule has 6 aromatic rings. The van der Waals surface area contributed by atoms with E-state index in [0.717, 1.165) is 40.2 Å². The average molecular weight is 1980 g/mol. The maximum atomic E-state index is 15.7. The molecule has 17 amide bonds. The third kappa shape index (κ3) is 31.6. The second kappa shape index (κ2) is 51.0. The van der Waals surface area contributed by atoms with Crippen LogP contribution in [0.3, 0.4) is 0 Å². The molecule has 6 heterocycles. The number of phenols is 1. The molecular formula is C92H118N20O24S3. The molecule has 2 aromatic heterocycles. The first-order chi connectivity index (χ1) is 66.1. The molecule has 47 heteroatoms. The Balaban J connectivity index is 1.08. The predicted octanol–water partition coefficient (Wildman–Crippen LogP) is -2.18. The van der Waals surface area contributed by atoms with Crippen molar-refractivity contribution in [3.63, 3.8) is 0 Å². The van der Waals surface area contributed by atoms with E-state index >= 15 is 24.0 Å². The number of thioether (sulfide) groups is 3. The number of carboxylic acids is 3. The summed E-state index contributed by atoms with van der Waals surface area (Å²) < 4.78 is 0. The number of primary amides is 1. The number of H-pyrrole nitrogens is 2. The fourth-order valence-electron chi connectivity index (χ4n) is 16.4. The number of hydrogen-bond acceptors (Lipinski definition) is 25. The summed E-state index contributed by atoms with van der Waals surface area (Å²) >= 11 is 3.19. The van der Waals surface area contributed by atoms with Gasteiger partial charge in [-0.15, -0.1) is 0 Å². The number of para-hydroxylation sites is 2. The second-order valence-corrected chi connectivity index (χ2v) is 38.3. The van der Waals surface area contributed by atoms with Crippen molar-refractivity contribution in [3.05, 3.63) is 137 Å². The van der Waals surface area contributed by atoms with Crippen LogP contribution in [0.15, 0.2) is 103 Å². The molecule has 4 aliphatic rings. The highest BCUT2D eigenvalue weighted by Crippen LogP contribution is 2.30. The Morgan fingerprint density at radius 2 is 0.964 bits per heavy atom. The summed E-state index contributed by atoms with van der Waals surface area (Å²) in [5.74, 6) is -24.1.